The van der Waals surface area contributed by atoms with Crippen molar-refractivity contribution in [3.05, 3.63) is 58.7 Å². The van der Waals surface area contributed by atoms with Crippen LogP contribution in [0.25, 0.3) is 0 Å². The zero-order chi connectivity index (χ0) is 23.5. The Hall–Kier alpha value is -3.07. The number of nitrogens with zero attached hydrogens (tertiary/aromatic N) is 2. The number of benzene rings is 2. The minimum Gasteiger partial charge on any atom is -0.450 e. The Morgan fingerprint density at radius 3 is 2.22 bits per heavy atom. The average Bonchev–Trinajstić information content (AvgIpc) is 2.76. The molecule has 1 fully saturated rings. The molecule has 0 aromatic heterocycles. The maximum absolute atomic E-state index is 13.1. The molecule has 2 aromatic carbocycles. The Bertz CT molecular complexity index is 1120. The molecule has 3 rings (SSSR count). The first kappa shape index (κ1) is 23.6. The Morgan fingerprint density at radius 1 is 0.938 bits per heavy atom. The monoisotopic (exact) mass is 459 g/mol. The van der Waals surface area contributed by atoms with E-state index < -0.39 is 10.0 Å². The minimum absolute atomic E-state index is 0.0643. The van der Waals surface area contributed by atoms with Gasteiger partial charge in [0.2, 0.25) is 0 Å². The van der Waals surface area contributed by atoms with E-state index in [0.717, 1.165) is 11.1 Å². The number of sulfonamides is 1. The molecule has 1 aliphatic rings. The first-order chi connectivity index (χ1) is 15.1. The molecule has 32 heavy (non-hydrogen) atoms. The SMILES string of the molecule is CCOC(=O)N1CCN(C(=O)c2ccc(C)c(S(=O)(=O)Nc3cc(C)ccc3C)c2)CC1. The van der Waals surface area contributed by atoms with Crippen molar-refractivity contribution in [1.29, 1.82) is 0 Å². The van der Waals surface area contributed by atoms with E-state index in [2.05, 4.69) is 4.72 Å². The molecule has 9 heteroatoms. The zero-order valence-electron chi connectivity index (χ0n) is 18.8. The lowest BCUT2D eigenvalue weighted by atomic mass is 10.1. The van der Waals surface area contributed by atoms with Gasteiger partial charge in [-0.15, -0.1) is 0 Å². The Balaban J connectivity index is 1.79. The number of nitrogens with one attached hydrogen (secondary N) is 1. The number of aryl methyl sites for hydroxylation is 3. The topological polar surface area (TPSA) is 96.0 Å². The summed E-state index contributed by atoms with van der Waals surface area (Å²) in [5.41, 5.74) is 3.10. The van der Waals surface area contributed by atoms with Gasteiger partial charge in [-0.2, -0.15) is 0 Å². The number of hydrogen-bond donors (Lipinski definition) is 1. The lowest BCUT2D eigenvalue weighted by Gasteiger charge is -2.34. The van der Waals surface area contributed by atoms with Crippen LogP contribution in [-0.2, 0) is 14.8 Å². The van der Waals surface area contributed by atoms with E-state index in [4.69, 9.17) is 4.74 Å². The third kappa shape index (κ3) is 5.21. The molecule has 0 atom stereocenters. The number of rotatable bonds is 5. The molecule has 1 aliphatic heterocycles. The number of anilines is 1. The molecule has 2 amide bonds. The summed E-state index contributed by atoms with van der Waals surface area (Å²) in [5.74, 6) is -0.267. The van der Waals surface area contributed by atoms with Crippen molar-refractivity contribution in [3.8, 4) is 0 Å². The Kier molecular flexibility index (Phi) is 7.08. The Morgan fingerprint density at radius 2 is 1.56 bits per heavy atom. The van der Waals surface area contributed by atoms with Crippen LogP contribution in [0.5, 0.6) is 0 Å². The van der Waals surface area contributed by atoms with Crippen LogP contribution in [0, 0.1) is 20.8 Å². The van der Waals surface area contributed by atoms with Crippen molar-refractivity contribution in [2.75, 3.05) is 37.5 Å². The number of carbonyl (C=O) groups is 2. The Labute approximate surface area is 189 Å². The maximum Gasteiger partial charge on any atom is 0.409 e. The molecule has 0 spiro atoms. The van der Waals surface area contributed by atoms with Crippen LogP contribution in [0.4, 0.5) is 10.5 Å². The number of amides is 2. The van der Waals surface area contributed by atoms with Gasteiger partial charge in [-0.1, -0.05) is 18.2 Å². The predicted molar refractivity (Wildman–Crippen MR) is 122 cm³/mol. The van der Waals surface area contributed by atoms with Crippen molar-refractivity contribution in [2.24, 2.45) is 0 Å². The molecule has 1 heterocycles. The quantitative estimate of drug-likeness (QED) is 0.740. The summed E-state index contributed by atoms with van der Waals surface area (Å²) in [4.78, 5) is 28.1. The van der Waals surface area contributed by atoms with E-state index in [-0.39, 0.29) is 16.9 Å². The summed E-state index contributed by atoms with van der Waals surface area (Å²) in [7, 11) is -3.89. The summed E-state index contributed by atoms with van der Waals surface area (Å²) in [6.07, 6.45) is -0.388. The smallest absolute Gasteiger partial charge is 0.409 e. The van der Waals surface area contributed by atoms with Gasteiger partial charge in [0.1, 0.15) is 0 Å². The van der Waals surface area contributed by atoms with E-state index in [1.54, 1.807) is 41.8 Å². The molecular formula is C23H29N3O5S. The van der Waals surface area contributed by atoms with Crippen LogP contribution < -0.4 is 4.72 Å². The first-order valence-electron chi connectivity index (χ1n) is 10.5. The zero-order valence-corrected chi connectivity index (χ0v) is 19.7. The van der Waals surface area contributed by atoms with Crippen LogP contribution in [-0.4, -0.2) is 63.0 Å². The van der Waals surface area contributed by atoms with E-state index in [1.807, 2.05) is 26.0 Å². The molecule has 2 aromatic rings. The fourth-order valence-electron chi connectivity index (χ4n) is 3.56. The van der Waals surface area contributed by atoms with Gasteiger partial charge < -0.3 is 14.5 Å². The lowest BCUT2D eigenvalue weighted by Crippen LogP contribution is -2.50. The molecule has 1 N–H and O–H groups in total. The van der Waals surface area contributed by atoms with E-state index in [1.165, 1.54) is 6.07 Å². The minimum atomic E-state index is -3.89. The van der Waals surface area contributed by atoms with Crippen LogP contribution >= 0.6 is 0 Å². The number of carbonyl (C=O) groups excluding carboxylic acids is 2. The fourth-order valence-corrected chi connectivity index (χ4v) is 4.95. The average molecular weight is 460 g/mol. The summed E-state index contributed by atoms with van der Waals surface area (Å²) in [6, 6.07) is 10.2. The van der Waals surface area contributed by atoms with Crippen LogP contribution in [0.1, 0.15) is 34.0 Å². The first-order valence-corrected chi connectivity index (χ1v) is 12.0. The number of hydrogen-bond acceptors (Lipinski definition) is 5. The summed E-state index contributed by atoms with van der Waals surface area (Å²) in [5, 5.41) is 0. The standard InChI is InChI=1S/C23H29N3O5S/c1-5-31-23(28)26-12-10-25(11-13-26)22(27)19-9-8-18(4)21(15-19)32(29,30)24-20-14-16(2)6-7-17(20)3/h6-9,14-15,24H,5,10-13H2,1-4H3. The van der Waals surface area contributed by atoms with Crippen molar-refractivity contribution in [2.45, 2.75) is 32.6 Å². The molecule has 0 unspecified atom stereocenters. The molecule has 0 aliphatic carbocycles. The third-order valence-corrected chi connectivity index (χ3v) is 6.96. The highest BCUT2D eigenvalue weighted by atomic mass is 32.2. The van der Waals surface area contributed by atoms with Crippen molar-refractivity contribution < 1.29 is 22.7 Å². The predicted octanol–water partition coefficient (Wildman–Crippen LogP) is 3.33. The number of piperazine rings is 1. The van der Waals surface area contributed by atoms with Gasteiger partial charge in [-0.3, -0.25) is 9.52 Å². The van der Waals surface area contributed by atoms with Gasteiger partial charge in [-0.25, -0.2) is 13.2 Å². The van der Waals surface area contributed by atoms with Gasteiger partial charge in [0.25, 0.3) is 15.9 Å². The highest BCUT2D eigenvalue weighted by molar-refractivity contribution is 7.92. The van der Waals surface area contributed by atoms with E-state index in [9.17, 15) is 18.0 Å². The molecule has 0 saturated carbocycles. The summed E-state index contributed by atoms with van der Waals surface area (Å²) < 4.78 is 33.9. The van der Waals surface area contributed by atoms with Crippen LogP contribution in [0.15, 0.2) is 41.3 Å². The maximum atomic E-state index is 13.1. The molecule has 172 valence electrons. The van der Waals surface area contributed by atoms with Gasteiger partial charge in [0, 0.05) is 31.7 Å². The van der Waals surface area contributed by atoms with Crippen molar-refractivity contribution >= 4 is 27.7 Å². The van der Waals surface area contributed by atoms with E-state index in [0.29, 0.717) is 49.6 Å². The highest BCUT2D eigenvalue weighted by Crippen LogP contribution is 2.24. The second kappa shape index (κ2) is 9.60. The molecular weight excluding hydrogens is 430 g/mol. The van der Waals surface area contributed by atoms with Crippen molar-refractivity contribution in [1.82, 2.24) is 9.80 Å². The highest BCUT2D eigenvalue weighted by Gasteiger charge is 2.27. The summed E-state index contributed by atoms with van der Waals surface area (Å²) in [6.45, 7) is 8.92. The molecule has 1 saturated heterocycles. The largest absolute Gasteiger partial charge is 0.450 e. The molecule has 0 bridgehead atoms. The van der Waals surface area contributed by atoms with Crippen LogP contribution in [0.2, 0.25) is 0 Å². The normalized spacial score (nSPS) is 14.2. The van der Waals surface area contributed by atoms with Gasteiger partial charge >= 0.3 is 6.09 Å². The molecule has 8 nitrogen and oxygen atoms in total. The lowest BCUT2D eigenvalue weighted by molar-refractivity contribution is 0.0570. The van der Waals surface area contributed by atoms with Crippen LogP contribution in [0.3, 0.4) is 0 Å². The molecule has 0 radical (unpaired) electrons. The third-order valence-electron chi connectivity index (χ3n) is 5.45. The summed E-state index contributed by atoms with van der Waals surface area (Å²) >= 11 is 0. The number of ether oxygens (including phenoxy) is 1. The second-order valence-corrected chi connectivity index (χ2v) is 9.53. The van der Waals surface area contributed by atoms with Gasteiger partial charge in [-0.05, 0) is 62.6 Å². The van der Waals surface area contributed by atoms with Gasteiger partial charge in [0.05, 0.1) is 17.2 Å². The van der Waals surface area contributed by atoms with Gasteiger partial charge in [0.15, 0.2) is 0 Å². The van der Waals surface area contributed by atoms with E-state index >= 15 is 0 Å². The fraction of sp³-hybridized carbons (Fsp3) is 0.391. The van der Waals surface area contributed by atoms with Crippen molar-refractivity contribution in [3.63, 3.8) is 0 Å². The second-order valence-electron chi connectivity index (χ2n) is 7.88.